The highest BCUT2D eigenvalue weighted by atomic mass is 32.2. The molecule has 2 N–H and O–H groups in total. The molecule has 0 fully saturated rings. The minimum atomic E-state index is -3.42. The van der Waals surface area contributed by atoms with Gasteiger partial charge in [0.2, 0.25) is 0 Å². The molecule has 0 bridgehead atoms. The highest BCUT2D eigenvalue weighted by Gasteiger charge is 2.22. The predicted octanol–water partition coefficient (Wildman–Crippen LogP) is 1.32. The SMILES string of the molecule is CC(C)CC(NC(=O)c1cccc(S(C)(=O)=O)c1)C(=O)O. The van der Waals surface area contributed by atoms with Gasteiger partial charge in [0, 0.05) is 11.8 Å². The lowest BCUT2D eigenvalue weighted by Crippen LogP contribution is -2.41. The lowest BCUT2D eigenvalue weighted by Gasteiger charge is -2.16. The zero-order valence-corrected chi connectivity index (χ0v) is 13.0. The van der Waals surface area contributed by atoms with Gasteiger partial charge in [-0.2, -0.15) is 0 Å². The van der Waals surface area contributed by atoms with Gasteiger partial charge in [-0.15, -0.1) is 0 Å². The van der Waals surface area contributed by atoms with Gasteiger partial charge in [0.15, 0.2) is 9.84 Å². The van der Waals surface area contributed by atoms with Crippen LogP contribution in [0.25, 0.3) is 0 Å². The van der Waals surface area contributed by atoms with Crippen molar-refractivity contribution in [1.29, 1.82) is 0 Å². The number of carbonyl (C=O) groups is 2. The molecule has 0 saturated carbocycles. The summed E-state index contributed by atoms with van der Waals surface area (Å²) < 4.78 is 22.9. The number of nitrogens with one attached hydrogen (secondary N) is 1. The maximum Gasteiger partial charge on any atom is 0.326 e. The molecule has 0 heterocycles. The summed E-state index contributed by atoms with van der Waals surface area (Å²) in [5.41, 5.74) is 0.118. The zero-order valence-electron chi connectivity index (χ0n) is 12.2. The summed E-state index contributed by atoms with van der Waals surface area (Å²) in [5.74, 6) is -1.61. The van der Waals surface area contributed by atoms with Crippen LogP contribution >= 0.6 is 0 Å². The van der Waals surface area contributed by atoms with E-state index < -0.39 is 27.8 Å². The van der Waals surface area contributed by atoms with Gasteiger partial charge in [-0.05, 0) is 30.5 Å². The number of amides is 1. The number of sulfone groups is 1. The van der Waals surface area contributed by atoms with E-state index in [9.17, 15) is 18.0 Å². The molecule has 0 aromatic heterocycles. The van der Waals surface area contributed by atoms with Crippen molar-refractivity contribution in [3.63, 3.8) is 0 Å². The Hall–Kier alpha value is -1.89. The second-order valence-corrected chi connectivity index (χ2v) is 7.31. The van der Waals surface area contributed by atoms with Crippen molar-refractivity contribution >= 4 is 21.7 Å². The maximum absolute atomic E-state index is 12.1. The van der Waals surface area contributed by atoms with Crippen molar-refractivity contribution in [3.8, 4) is 0 Å². The summed E-state index contributed by atoms with van der Waals surface area (Å²) in [5, 5.41) is 11.5. The Kier molecular flexibility index (Phi) is 5.48. The third-order valence-corrected chi connectivity index (χ3v) is 3.95. The van der Waals surface area contributed by atoms with Crippen molar-refractivity contribution in [2.45, 2.75) is 31.2 Å². The minimum Gasteiger partial charge on any atom is -0.480 e. The topological polar surface area (TPSA) is 101 Å². The highest BCUT2D eigenvalue weighted by Crippen LogP contribution is 2.12. The van der Waals surface area contributed by atoms with Crippen LogP contribution in [0, 0.1) is 5.92 Å². The first-order chi connectivity index (χ1) is 9.61. The quantitative estimate of drug-likeness (QED) is 0.825. The molecule has 1 amide bonds. The first-order valence-electron chi connectivity index (χ1n) is 6.45. The maximum atomic E-state index is 12.1. The van der Waals surface area contributed by atoms with Crippen molar-refractivity contribution in [1.82, 2.24) is 5.32 Å². The van der Waals surface area contributed by atoms with Crippen LogP contribution in [0.2, 0.25) is 0 Å². The largest absolute Gasteiger partial charge is 0.480 e. The molecule has 1 rings (SSSR count). The van der Waals surface area contributed by atoms with Crippen molar-refractivity contribution in [3.05, 3.63) is 29.8 Å². The molecule has 21 heavy (non-hydrogen) atoms. The Bertz CT molecular complexity index is 637. The number of carboxylic acids is 1. The van der Waals surface area contributed by atoms with Crippen LogP contribution in [-0.2, 0) is 14.6 Å². The molecule has 0 aliphatic carbocycles. The molecule has 1 unspecified atom stereocenters. The molecule has 0 saturated heterocycles. The Morgan fingerprint density at radius 2 is 1.90 bits per heavy atom. The van der Waals surface area contributed by atoms with Crippen LogP contribution < -0.4 is 5.32 Å². The second-order valence-electron chi connectivity index (χ2n) is 5.29. The third-order valence-electron chi connectivity index (χ3n) is 2.83. The number of carbonyl (C=O) groups excluding carboxylic acids is 1. The molecule has 0 aliphatic heterocycles. The van der Waals surface area contributed by atoms with Gasteiger partial charge in [-0.3, -0.25) is 4.79 Å². The Labute approximate surface area is 124 Å². The molecule has 1 aromatic rings. The Balaban J connectivity index is 2.96. The lowest BCUT2D eigenvalue weighted by molar-refractivity contribution is -0.139. The van der Waals surface area contributed by atoms with Gasteiger partial charge in [0.1, 0.15) is 6.04 Å². The summed E-state index contributed by atoms with van der Waals surface area (Å²) in [4.78, 5) is 23.2. The van der Waals surface area contributed by atoms with Crippen LogP contribution in [0.1, 0.15) is 30.6 Å². The summed E-state index contributed by atoms with van der Waals surface area (Å²) in [6.45, 7) is 3.71. The summed E-state index contributed by atoms with van der Waals surface area (Å²) in [6, 6.07) is 4.51. The fourth-order valence-corrected chi connectivity index (χ4v) is 2.47. The smallest absolute Gasteiger partial charge is 0.326 e. The zero-order chi connectivity index (χ0) is 16.2. The average Bonchev–Trinajstić information content (AvgIpc) is 2.36. The van der Waals surface area contributed by atoms with E-state index in [0.717, 1.165) is 6.26 Å². The van der Waals surface area contributed by atoms with Crippen LogP contribution in [-0.4, -0.2) is 37.7 Å². The predicted molar refractivity (Wildman–Crippen MR) is 77.9 cm³/mol. The summed E-state index contributed by atoms with van der Waals surface area (Å²) in [7, 11) is -3.42. The molecule has 0 spiro atoms. The summed E-state index contributed by atoms with van der Waals surface area (Å²) in [6.07, 6.45) is 1.34. The van der Waals surface area contributed by atoms with Crippen LogP contribution in [0.15, 0.2) is 29.2 Å². The van der Waals surface area contributed by atoms with Gasteiger partial charge in [-0.25, -0.2) is 13.2 Å². The van der Waals surface area contributed by atoms with E-state index in [0.29, 0.717) is 6.42 Å². The van der Waals surface area contributed by atoms with Crippen LogP contribution in [0.5, 0.6) is 0 Å². The fourth-order valence-electron chi connectivity index (χ4n) is 1.80. The standard InChI is InChI=1S/C14H19NO5S/c1-9(2)7-12(14(17)18)15-13(16)10-5-4-6-11(8-10)21(3,19)20/h4-6,8-9,12H,7H2,1-3H3,(H,15,16)(H,17,18). The molecule has 0 aliphatic rings. The average molecular weight is 313 g/mol. The molecule has 7 heteroatoms. The van der Waals surface area contributed by atoms with Gasteiger partial charge in [0.25, 0.3) is 5.91 Å². The Morgan fingerprint density at radius 3 is 2.38 bits per heavy atom. The number of carboxylic acid groups (broad SMARTS) is 1. The molecular formula is C14H19NO5S. The van der Waals surface area contributed by atoms with E-state index in [1.807, 2.05) is 13.8 Å². The van der Waals surface area contributed by atoms with E-state index in [1.54, 1.807) is 0 Å². The van der Waals surface area contributed by atoms with Crippen LogP contribution in [0.3, 0.4) is 0 Å². The third kappa shape index (κ3) is 5.18. The van der Waals surface area contributed by atoms with Gasteiger partial charge < -0.3 is 10.4 Å². The molecule has 6 nitrogen and oxygen atoms in total. The number of aliphatic carboxylic acids is 1. The number of hydrogen-bond acceptors (Lipinski definition) is 4. The van der Waals surface area contributed by atoms with Gasteiger partial charge in [0.05, 0.1) is 4.90 Å². The van der Waals surface area contributed by atoms with E-state index in [4.69, 9.17) is 5.11 Å². The minimum absolute atomic E-state index is 0.0193. The lowest BCUT2D eigenvalue weighted by atomic mass is 10.0. The molecule has 0 radical (unpaired) electrons. The fraction of sp³-hybridized carbons (Fsp3) is 0.429. The molecular weight excluding hydrogens is 294 g/mol. The number of rotatable bonds is 6. The Morgan fingerprint density at radius 1 is 1.29 bits per heavy atom. The summed E-state index contributed by atoms with van der Waals surface area (Å²) >= 11 is 0. The first-order valence-corrected chi connectivity index (χ1v) is 8.34. The van der Waals surface area contributed by atoms with Crippen molar-refractivity contribution < 1.29 is 23.1 Å². The molecule has 1 atom stereocenters. The number of hydrogen-bond donors (Lipinski definition) is 2. The van der Waals surface area contributed by atoms with Gasteiger partial charge >= 0.3 is 5.97 Å². The van der Waals surface area contributed by atoms with Gasteiger partial charge in [-0.1, -0.05) is 19.9 Å². The second kappa shape index (κ2) is 6.71. The van der Waals surface area contributed by atoms with E-state index in [-0.39, 0.29) is 16.4 Å². The van der Waals surface area contributed by atoms with E-state index in [2.05, 4.69) is 5.32 Å². The van der Waals surface area contributed by atoms with E-state index in [1.165, 1.54) is 24.3 Å². The first kappa shape index (κ1) is 17.2. The number of benzene rings is 1. The molecule has 116 valence electrons. The molecule has 1 aromatic carbocycles. The monoisotopic (exact) mass is 313 g/mol. The van der Waals surface area contributed by atoms with E-state index >= 15 is 0 Å². The normalized spacial score (nSPS) is 13.0. The van der Waals surface area contributed by atoms with Crippen LogP contribution in [0.4, 0.5) is 0 Å². The van der Waals surface area contributed by atoms with Crippen molar-refractivity contribution in [2.24, 2.45) is 5.92 Å². The highest BCUT2D eigenvalue weighted by molar-refractivity contribution is 7.90. The van der Waals surface area contributed by atoms with Crippen molar-refractivity contribution in [2.75, 3.05) is 6.26 Å².